The van der Waals surface area contributed by atoms with Gasteiger partial charge in [0.2, 0.25) is 0 Å². The maximum absolute atomic E-state index is 12.9. The molecule has 7 heteroatoms. The minimum Gasteiger partial charge on any atom is -0.356 e. The largest absolute Gasteiger partial charge is 0.416 e. The predicted octanol–water partition coefficient (Wildman–Crippen LogP) is 3.93. The van der Waals surface area contributed by atoms with Crippen LogP contribution in [0.2, 0.25) is 0 Å². The van der Waals surface area contributed by atoms with Gasteiger partial charge in [0.15, 0.2) is 5.96 Å². The van der Waals surface area contributed by atoms with E-state index in [1.54, 1.807) is 13.1 Å². The van der Waals surface area contributed by atoms with Crippen LogP contribution in [-0.4, -0.2) is 26.1 Å². The van der Waals surface area contributed by atoms with Crippen molar-refractivity contribution < 1.29 is 13.2 Å². The summed E-state index contributed by atoms with van der Waals surface area (Å²) in [5.74, 6) is 1.47. The molecule has 24 heavy (non-hydrogen) atoms. The van der Waals surface area contributed by atoms with Crippen molar-refractivity contribution in [2.75, 3.05) is 20.1 Å². The summed E-state index contributed by atoms with van der Waals surface area (Å²) in [6.07, 6.45) is 0.0412. The average Bonchev–Trinajstić information content (AvgIpc) is 3.42. The quantitative estimate of drug-likeness (QED) is 0.403. The van der Waals surface area contributed by atoms with Crippen molar-refractivity contribution in [1.82, 2.24) is 10.6 Å². The maximum atomic E-state index is 12.9. The second-order valence-electron chi connectivity index (χ2n) is 6.61. The first kappa shape index (κ1) is 19.3. The van der Waals surface area contributed by atoms with Gasteiger partial charge < -0.3 is 10.6 Å². The van der Waals surface area contributed by atoms with Gasteiger partial charge in [0.25, 0.3) is 0 Å². The van der Waals surface area contributed by atoms with Crippen molar-refractivity contribution in [1.29, 1.82) is 0 Å². The fraction of sp³-hybridized carbons (Fsp3) is 0.588. The molecule has 0 unspecified atom stereocenters. The molecular formula is C17H23F3IN3. The molecule has 2 fully saturated rings. The Morgan fingerprint density at radius 3 is 2.50 bits per heavy atom. The average molecular weight is 453 g/mol. The summed E-state index contributed by atoms with van der Waals surface area (Å²) in [4.78, 5) is 4.18. The molecule has 0 aliphatic heterocycles. The highest BCUT2D eigenvalue weighted by Gasteiger charge is 2.45. The van der Waals surface area contributed by atoms with E-state index in [1.165, 1.54) is 25.0 Å². The predicted molar refractivity (Wildman–Crippen MR) is 99.9 cm³/mol. The van der Waals surface area contributed by atoms with Gasteiger partial charge in [-0.25, -0.2) is 0 Å². The van der Waals surface area contributed by atoms with E-state index in [1.807, 2.05) is 0 Å². The third-order valence-electron chi connectivity index (χ3n) is 4.73. The molecule has 3 nitrogen and oxygen atoms in total. The Morgan fingerprint density at radius 2 is 1.96 bits per heavy atom. The number of guanidine groups is 1. The SMILES string of the molecule is CN=C(NCC1CC1)NCC1(c2cccc(C(F)(F)F)c2)CC1.I. The Bertz CT molecular complexity index is 593. The van der Waals surface area contributed by atoms with E-state index in [0.29, 0.717) is 6.54 Å². The Balaban J connectivity index is 0.00000208. The highest BCUT2D eigenvalue weighted by atomic mass is 127. The Morgan fingerprint density at radius 1 is 1.25 bits per heavy atom. The Labute approximate surface area is 157 Å². The van der Waals surface area contributed by atoms with Crippen LogP contribution in [0.4, 0.5) is 13.2 Å². The third kappa shape index (κ3) is 4.77. The summed E-state index contributed by atoms with van der Waals surface area (Å²) >= 11 is 0. The van der Waals surface area contributed by atoms with Crippen LogP contribution in [0.5, 0.6) is 0 Å². The first-order valence-electron chi connectivity index (χ1n) is 8.05. The van der Waals surface area contributed by atoms with E-state index >= 15 is 0 Å². The number of hydrogen-bond acceptors (Lipinski definition) is 1. The topological polar surface area (TPSA) is 36.4 Å². The summed E-state index contributed by atoms with van der Waals surface area (Å²) in [7, 11) is 1.71. The molecular weight excluding hydrogens is 430 g/mol. The molecule has 3 rings (SSSR count). The molecule has 0 amide bonds. The van der Waals surface area contributed by atoms with Gasteiger partial charge in [-0.15, -0.1) is 24.0 Å². The normalized spacial score (nSPS) is 19.4. The monoisotopic (exact) mass is 453 g/mol. The number of halogens is 4. The molecule has 134 valence electrons. The number of hydrogen-bond donors (Lipinski definition) is 2. The highest BCUT2D eigenvalue weighted by molar-refractivity contribution is 14.0. The van der Waals surface area contributed by atoms with Crippen LogP contribution in [0.15, 0.2) is 29.3 Å². The van der Waals surface area contributed by atoms with E-state index in [0.717, 1.165) is 42.9 Å². The molecule has 0 bridgehead atoms. The zero-order chi connectivity index (χ0) is 16.5. The zero-order valence-electron chi connectivity index (χ0n) is 13.6. The molecule has 2 saturated carbocycles. The molecule has 2 aliphatic rings. The molecule has 0 aromatic heterocycles. The van der Waals surface area contributed by atoms with Crippen molar-refractivity contribution in [3.8, 4) is 0 Å². The van der Waals surface area contributed by atoms with Crippen molar-refractivity contribution in [3.05, 3.63) is 35.4 Å². The number of benzene rings is 1. The fourth-order valence-corrected chi connectivity index (χ4v) is 2.78. The third-order valence-corrected chi connectivity index (χ3v) is 4.73. The molecule has 0 spiro atoms. The molecule has 0 radical (unpaired) electrons. The van der Waals surface area contributed by atoms with Crippen molar-refractivity contribution in [2.45, 2.75) is 37.3 Å². The van der Waals surface area contributed by atoms with Gasteiger partial charge in [0.1, 0.15) is 0 Å². The summed E-state index contributed by atoms with van der Waals surface area (Å²) in [6, 6.07) is 5.71. The van der Waals surface area contributed by atoms with Crippen LogP contribution in [-0.2, 0) is 11.6 Å². The molecule has 0 saturated heterocycles. The van der Waals surface area contributed by atoms with Crippen molar-refractivity contribution >= 4 is 29.9 Å². The van der Waals surface area contributed by atoms with Crippen LogP contribution in [0.25, 0.3) is 0 Å². The minimum absolute atomic E-state index is 0. The Hall–Kier alpha value is -0.990. The Kier molecular flexibility index (Phi) is 6.04. The zero-order valence-corrected chi connectivity index (χ0v) is 15.9. The summed E-state index contributed by atoms with van der Waals surface area (Å²) in [5, 5.41) is 6.55. The van der Waals surface area contributed by atoms with Gasteiger partial charge in [0, 0.05) is 25.6 Å². The highest BCUT2D eigenvalue weighted by Crippen LogP contribution is 2.48. The number of nitrogens with one attached hydrogen (secondary N) is 2. The van der Waals surface area contributed by atoms with E-state index < -0.39 is 11.7 Å². The van der Waals surface area contributed by atoms with Crippen LogP contribution in [0.1, 0.15) is 36.8 Å². The second-order valence-corrected chi connectivity index (χ2v) is 6.61. The number of aliphatic imine (C=N–C) groups is 1. The van der Waals surface area contributed by atoms with E-state index in [4.69, 9.17) is 0 Å². The van der Waals surface area contributed by atoms with Crippen molar-refractivity contribution in [3.63, 3.8) is 0 Å². The molecule has 0 atom stereocenters. The van der Waals surface area contributed by atoms with Crippen LogP contribution in [0.3, 0.4) is 0 Å². The molecule has 2 N–H and O–H groups in total. The maximum Gasteiger partial charge on any atom is 0.416 e. The minimum atomic E-state index is -4.29. The van der Waals surface area contributed by atoms with Gasteiger partial charge in [-0.3, -0.25) is 4.99 Å². The molecule has 1 aromatic carbocycles. The van der Waals surface area contributed by atoms with Crippen LogP contribution >= 0.6 is 24.0 Å². The first-order valence-corrected chi connectivity index (χ1v) is 8.05. The standard InChI is InChI=1S/C17H22F3N3.HI/c1-21-15(22-10-12-5-6-12)23-11-16(7-8-16)13-3-2-4-14(9-13)17(18,19)20;/h2-4,9,12H,5-8,10-11H2,1H3,(H2,21,22,23);1H. The van der Waals surface area contributed by atoms with Gasteiger partial charge in [0.05, 0.1) is 5.56 Å². The van der Waals surface area contributed by atoms with Gasteiger partial charge in [-0.05, 0) is 43.2 Å². The van der Waals surface area contributed by atoms with Crippen molar-refractivity contribution in [2.24, 2.45) is 10.9 Å². The van der Waals surface area contributed by atoms with Gasteiger partial charge in [-0.2, -0.15) is 13.2 Å². The number of nitrogens with zero attached hydrogens (tertiary/aromatic N) is 1. The van der Waals surface area contributed by atoms with Crippen LogP contribution in [0, 0.1) is 5.92 Å². The van der Waals surface area contributed by atoms with Gasteiger partial charge >= 0.3 is 6.18 Å². The lowest BCUT2D eigenvalue weighted by molar-refractivity contribution is -0.137. The molecule has 1 aromatic rings. The second kappa shape index (κ2) is 7.49. The van der Waals surface area contributed by atoms with Crippen LogP contribution < -0.4 is 10.6 Å². The van der Waals surface area contributed by atoms with E-state index in [9.17, 15) is 13.2 Å². The number of alkyl halides is 3. The summed E-state index contributed by atoms with van der Waals surface area (Å²) in [5.41, 5.74) is -0.00617. The summed E-state index contributed by atoms with van der Waals surface area (Å²) < 4.78 is 38.6. The molecule has 2 aliphatic carbocycles. The molecule has 0 heterocycles. The summed E-state index contributed by atoms with van der Waals surface area (Å²) in [6.45, 7) is 1.52. The fourth-order valence-electron chi connectivity index (χ4n) is 2.78. The number of rotatable bonds is 5. The van der Waals surface area contributed by atoms with E-state index in [2.05, 4.69) is 15.6 Å². The lowest BCUT2D eigenvalue weighted by Gasteiger charge is -2.20. The first-order chi connectivity index (χ1) is 10.9. The van der Waals surface area contributed by atoms with Gasteiger partial charge in [-0.1, -0.05) is 18.2 Å². The van der Waals surface area contributed by atoms with E-state index in [-0.39, 0.29) is 29.4 Å². The smallest absolute Gasteiger partial charge is 0.356 e. The lowest BCUT2D eigenvalue weighted by Crippen LogP contribution is -2.42. The lowest BCUT2D eigenvalue weighted by atomic mass is 9.94.